The lowest BCUT2D eigenvalue weighted by Crippen LogP contribution is -2.24. The van der Waals surface area contributed by atoms with E-state index in [-0.39, 0.29) is 17.7 Å². The van der Waals surface area contributed by atoms with Crippen molar-refractivity contribution in [3.05, 3.63) is 94.0 Å². The molecule has 0 spiro atoms. The highest BCUT2D eigenvalue weighted by atomic mass is 16.5. The maximum atomic E-state index is 13.9. The van der Waals surface area contributed by atoms with Crippen molar-refractivity contribution < 1.29 is 9.53 Å². The number of rotatable bonds is 4. The first-order valence-electron chi connectivity index (χ1n) is 11.1. The molecule has 3 aromatic rings. The zero-order valence-corrected chi connectivity index (χ0v) is 19.0. The van der Waals surface area contributed by atoms with E-state index < -0.39 is 5.92 Å². The van der Waals surface area contributed by atoms with Crippen molar-refractivity contribution in [3.63, 3.8) is 0 Å². The molecule has 0 saturated heterocycles. The molecule has 0 radical (unpaired) electrons. The van der Waals surface area contributed by atoms with Gasteiger partial charge in [-0.2, -0.15) is 5.26 Å². The number of ether oxygens (including phenoxy) is 1. The Hall–Kier alpha value is -3.58. The standard InChI is InChI=1S/C28H28N2O2/c1-17(2)21-10-7-11-22(18(3)4)27(21)30-28(31)26-23-9-6-5-8-20(23)16-32-25-13-12-19(15-29)14-24(25)26/h5-14,17-18,26H,16H2,1-4H3,(H,30,31). The first kappa shape index (κ1) is 21.6. The molecule has 4 heteroatoms. The fourth-order valence-corrected chi connectivity index (χ4v) is 4.42. The van der Waals surface area contributed by atoms with E-state index in [1.54, 1.807) is 18.2 Å². The number of nitriles is 1. The molecular weight excluding hydrogens is 396 g/mol. The molecule has 4 nitrogen and oxygen atoms in total. The van der Waals surface area contributed by atoms with Gasteiger partial charge in [0, 0.05) is 11.3 Å². The van der Waals surface area contributed by atoms with Crippen LogP contribution in [-0.2, 0) is 11.4 Å². The van der Waals surface area contributed by atoms with Crippen LogP contribution in [0.1, 0.15) is 78.8 Å². The second-order valence-electron chi connectivity index (χ2n) is 8.90. The van der Waals surface area contributed by atoms with Crippen LogP contribution in [-0.4, -0.2) is 5.91 Å². The maximum absolute atomic E-state index is 13.9. The van der Waals surface area contributed by atoms with E-state index in [9.17, 15) is 10.1 Å². The van der Waals surface area contributed by atoms with Crippen molar-refractivity contribution in [2.45, 2.75) is 52.1 Å². The molecular formula is C28H28N2O2. The zero-order valence-electron chi connectivity index (χ0n) is 19.0. The number of hydrogen-bond donors (Lipinski definition) is 1. The molecule has 0 aliphatic carbocycles. The number of fused-ring (bicyclic) bond motifs is 2. The molecule has 1 amide bonds. The van der Waals surface area contributed by atoms with Gasteiger partial charge in [-0.15, -0.1) is 0 Å². The second kappa shape index (κ2) is 8.88. The van der Waals surface area contributed by atoms with Gasteiger partial charge in [0.15, 0.2) is 0 Å². The molecule has 1 N–H and O–H groups in total. The van der Waals surface area contributed by atoms with Crippen LogP contribution >= 0.6 is 0 Å². The largest absolute Gasteiger partial charge is 0.489 e. The minimum absolute atomic E-state index is 0.116. The van der Waals surface area contributed by atoms with E-state index in [1.165, 1.54) is 0 Å². The van der Waals surface area contributed by atoms with Gasteiger partial charge < -0.3 is 10.1 Å². The Labute approximate surface area is 189 Å². The van der Waals surface area contributed by atoms with E-state index in [0.29, 0.717) is 17.9 Å². The number of anilines is 1. The van der Waals surface area contributed by atoms with Gasteiger partial charge in [0.25, 0.3) is 0 Å². The third-order valence-corrected chi connectivity index (χ3v) is 6.08. The minimum Gasteiger partial charge on any atom is -0.489 e. The van der Waals surface area contributed by atoms with Crippen molar-refractivity contribution in [1.29, 1.82) is 5.26 Å². The first-order chi connectivity index (χ1) is 15.4. The monoisotopic (exact) mass is 424 g/mol. The summed E-state index contributed by atoms with van der Waals surface area (Å²) < 4.78 is 6.04. The predicted octanol–water partition coefficient (Wildman–Crippen LogP) is 6.47. The SMILES string of the molecule is CC(C)c1cccc(C(C)C)c1NC(=O)C1c2ccccc2COc2ccc(C#N)cc21. The van der Waals surface area contributed by atoms with Crippen LogP contribution in [0.25, 0.3) is 0 Å². The molecule has 32 heavy (non-hydrogen) atoms. The molecule has 0 saturated carbocycles. The van der Waals surface area contributed by atoms with Gasteiger partial charge in [-0.25, -0.2) is 0 Å². The lowest BCUT2D eigenvalue weighted by atomic mass is 9.86. The average molecular weight is 425 g/mol. The van der Waals surface area contributed by atoms with Crippen LogP contribution in [0.4, 0.5) is 5.69 Å². The summed E-state index contributed by atoms with van der Waals surface area (Å²) in [5.74, 6) is 0.491. The third kappa shape index (κ3) is 3.99. The van der Waals surface area contributed by atoms with Gasteiger partial charge in [-0.05, 0) is 52.3 Å². The Morgan fingerprint density at radius 1 is 0.969 bits per heavy atom. The number of nitrogens with one attached hydrogen (secondary N) is 1. The second-order valence-corrected chi connectivity index (χ2v) is 8.90. The molecule has 1 atom stereocenters. The third-order valence-electron chi connectivity index (χ3n) is 6.08. The fraction of sp³-hybridized carbons (Fsp3) is 0.286. The van der Waals surface area contributed by atoms with Crippen LogP contribution in [0.2, 0.25) is 0 Å². The average Bonchev–Trinajstić information content (AvgIpc) is 2.95. The van der Waals surface area contributed by atoms with E-state index in [0.717, 1.165) is 33.5 Å². The lowest BCUT2D eigenvalue weighted by Gasteiger charge is -2.24. The summed E-state index contributed by atoms with van der Waals surface area (Å²) in [4.78, 5) is 13.9. The number of carbonyl (C=O) groups is 1. The lowest BCUT2D eigenvalue weighted by molar-refractivity contribution is -0.116. The predicted molar refractivity (Wildman–Crippen MR) is 127 cm³/mol. The Kier molecular flexibility index (Phi) is 6.01. The zero-order chi connectivity index (χ0) is 22.8. The van der Waals surface area contributed by atoms with Gasteiger partial charge in [-0.3, -0.25) is 4.79 Å². The summed E-state index contributed by atoms with van der Waals surface area (Å²) >= 11 is 0. The molecule has 1 heterocycles. The number of para-hydroxylation sites is 1. The van der Waals surface area contributed by atoms with Gasteiger partial charge in [-0.1, -0.05) is 70.2 Å². The van der Waals surface area contributed by atoms with E-state index in [1.807, 2.05) is 24.3 Å². The summed E-state index contributed by atoms with van der Waals surface area (Å²) in [5, 5.41) is 12.7. The van der Waals surface area contributed by atoms with Gasteiger partial charge in [0.1, 0.15) is 12.4 Å². The summed E-state index contributed by atoms with van der Waals surface area (Å²) in [6, 6.07) is 21.6. The van der Waals surface area contributed by atoms with Crippen LogP contribution in [0.3, 0.4) is 0 Å². The molecule has 0 aromatic heterocycles. The van der Waals surface area contributed by atoms with Crippen molar-refractivity contribution >= 4 is 11.6 Å². The minimum atomic E-state index is -0.572. The van der Waals surface area contributed by atoms with Crippen LogP contribution in [0, 0.1) is 11.3 Å². The molecule has 1 unspecified atom stereocenters. The Balaban J connectivity index is 1.86. The van der Waals surface area contributed by atoms with Crippen LogP contribution in [0.5, 0.6) is 5.75 Å². The van der Waals surface area contributed by atoms with Crippen LogP contribution < -0.4 is 10.1 Å². The van der Waals surface area contributed by atoms with Crippen LogP contribution in [0.15, 0.2) is 60.7 Å². The summed E-state index contributed by atoms with van der Waals surface area (Å²) in [6.45, 7) is 8.94. The quantitative estimate of drug-likeness (QED) is 0.522. The Morgan fingerprint density at radius 3 is 2.31 bits per heavy atom. The number of amides is 1. The highest BCUT2D eigenvalue weighted by Gasteiger charge is 2.32. The maximum Gasteiger partial charge on any atom is 0.236 e. The fourth-order valence-electron chi connectivity index (χ4n) is 4.42. The van der Waals surface area contributed by atoms with Crippen molar-refractivity contribution in [1.82, 2.24) is 0 Å². The number of carbonyl (C=O) groups excluding carboxylic acids is 1. The van der Waals surface area contributed by atoms with Gasteiger partial charge in [0.05, 0.1) is 17.6 Å². The number of nitrogens with zero attached hydrogens (tertiary/aromatic N) is 1. The molecule has 4 rings (SSSR count). The van der Waals surface area contributed by atoms with E-state index >= 15 is 0 Å². The van der Waals surface area contributed by atoms with Crippen molar-refractivity contribution in [2.24, 2.45) is 0 Å². The molecule has 1 aliphatic heterocycles. The topological polar surface area (TPSA) is 62.1 Å². The summed E-state index contributed by atoms with van der Waals surface area (Å²) in [5.41, 5.74) is 6.25. The Morgan fingerprint density at radius 2 is 1.66 bits per heavy atom. The number of hydrogen-bond acceptors (Lipinski definition) is 3. The molecule has 0 bridgehead atoms. The molecule has 0 fully saturated rings. The summed E-state index contributed by atoms with van der Waals surface area (Å²) in [7, 11) is 0. The van der Waals surface area contributed by atoms with E-state index in [4.69, 9.17) is 4.74 Å². The molecule has 162 valence electrons. The van der Waals surface area contributed by atoms with Gasteiger partial charge in [0.2, 0.25) is 5.91 Å². The molecule has 3 aromatic carbocycles. The van der Waals surface area contributed by atoms with Crippen molar-refractivity contribution in [2.75, 3.05) is 5.32 Å². The molecule has 1 aliphatic rings. The Bertz CT molecular complexity index is 1180. The highest BCUT2D eigenvalue weighted by Crippen LogP contribution is 2.40. The number of benzene rings is 3. The van der Waals surface area contributed by atoms with Crippen molar-refractivity contribution in [3.8, 4) is 11.8 Å². The first-order valence-corrected chi connectivity index (χ1v) is 11.1. The highest BCUT2D eigenvalue weighted by molar-refractivity contribution is 6.00. The van der Waals surface area contributed by atoms with E-state index in [2.05, 4.69) is 57.3 Å². The normalized spacial score (nSPS) is 14.7. The smallest absolute Gasteiger partial charge is 0.236 e. The summed E-state index contributed by atoms with van der Waals surface area (Å²) in [6.07, 6.45) is 0. The van der Waals surface area contributed by atoms with Gasteiger partial charge >= 0.3 is 0 Å².